The second kappa shape index (κ2) is 8.79. The monoisotopic (exact) mass is 473 g/mol. The van der Waals surface area contributed by atoms with Crippen LogP contribution in [0, 0.1) is 6.92 Å². The van der Waals surface area contributed by atoms with Gasteiger partial charge in [-0.1, -0.05) is 42.5 Å². The number of ether oxygens (including phenoxy) is 2. The maximum Gasteiger partial charge on any atom is 0.340 e. The van der Waals surface area contributed by atoms with E-state index in [1.165, 1.54) is 11.3 Å². The number of carbonyl (C=O) groups is 2. The van der Waals surface area contributed by atoms with Gasteiger partial charge >= 0.3 is 5.97 Å². The van der Waals surface area contributed by atoms with Gasteiger partial charge in [0.2, 0.25) is 0 Å². The minimum Gasteiger partial charge on any atom is -0.497 e. The van der Waals surface area contributed by atoms with Crippen LogP contribution in [0.1, 0.15) is 44.4 Å². The molecule has 0 fully saturated rings. The number of benzene rings is 2. The Morgan fingerprint density at radius 1 is 1.09 bits per heavy atom. The Morgan fingerprint density at radius 3 is 2.50 bits per heavy atom. The van der Waals surface area contributed by atoms with E-state index in [9.17, 15) is 9.59 Å². The van der Waals surface area contributed by atoms with E-state index < -0.39 is 12.1 Å². The third-order valence-electron chi connectivity index (χ3n) is 5.78. The van der Waals surface area contributed by atoms with Crippen LogP contribution >= 0.6 is 11.3 Å². The molecular formula is C26H23N3O4S. The van der Waals surface area contributed by atoms with Gasteiger partial charge in [-0.3, -0.25) is 4.79 Å². The van der Waals surface area contributed by atoms with E-state index in [2.05, 4.69) is 10.6 Å². The lowest BCUT2D eigenvalue weighted by atomic mass is 9.94. The summed E-state index contributed by atoms with van der Waals surface area (Å²) in [6, 6.07) is 17.2. The van der Waals surface area contributed by atoms with Crippen LogP contribution in [0.15, 0.2) is 54.6 Å². The van der Waals surface area contributed by atoms with Crippen molar-refractivity contribution >= 4 is 39.1 Å². The van der Waals surface area contributed by atoms with E-state index in [4.69, 9.17) is 14.5 Å². The molecule has 0 saturated carbocycles. The number of rotatable bonds is 5. The molecule has 5 rings (SSSR count). The first-order valence-corrected chi connectivity index (χ1v) is 11.7. The largest absolute Gasteiger partial charge is 0.497 e. The average Bonchev–Trinajstić information content (AvgIpc) is 3.22. The zero-order valence-electron chi connectivity index (χ0n) is 19.0. The number of pyridine rings is 1. The number of fused-ring (bicyclic) bond motifs is 3. The van der Waals surface area contributed by atoms with Crippen LogP contribution < -0.4 is 15.4 Å². The number of aryl methyl sites for hydroxylation is 1. The molecule has 1 aliphatic heterocycles. The number of thiophene rings is 1. The molecule has 1 amide bonds. The predicted octanol–water partition coefficient (Wildman–Crippen LogP) is 5.31. The molecule has 2 aromatic heterocycles. The number of amides is 1. The quantitative estimate of drug-likeness (QED) is 0.382. The molecule has 0 bridgehead atoms. The lowest BCUT2D eigenvalue weighted by Crippen LogP contribution is -2.37. The van der Waals surface area contributed by atoms with Crippen molar-refractivity contribution in [1.82, 2.24) is 10.3 Å². The zero-order valence-corrected chi connectivity index (χ0v) is 19.8. The van der Waals surface area contributed by atoms with Crippen molar-refractivity contribution in [3.8, 4) is 16.9 Å². The zero-order chi connectivity index (χ0) is 23.8. The van der Waals surface area contributed by atoms with Gasteiger partial charge in [0.25, 0.3) is 5.91 Å². The van der Waals surface area contributed by atoms with Crippen molar-refractivity contribution in [3.05, 3.63) is 76.3 Å². The second-order valence-corrected chi connectivity index (χ2v) is 8.84. The van der Waals surface area contributed by atoms with Crippen LogP contribution in [-0.2, 0) is 4.74 Å². The Morgan fingerprint density at radius 2 is 1.82 bits per heavy atom. The third kappa shape index (κ3) is 3.66. The summed E-state index contributed by atoms with van der Waals surface area (Å²) in [6.45, 7) is 3.81. The summed E-state index contributed by atoms with van der Waals surface area (Å²) >= 11 is 1.31. The molecule has 8 heteroatoms. The van der Waals surface area contributed by atoms with Crippen LogP contribution in [-0.4, -0.2) is 30.6 Å². The molecule has 0 unspecified atom stereocenters. The van der Waals surface area contributed by atoms with Crippen molar-refractivity contribution < 1.29 is 19.1 Å². The molecule has 34 heavy (non-hydrogen) atoms. The van der Waals surface area contributed by atoms with Gasteiger partial charge in [0.15, 0.2) is 0 Å². The molecule has 0 spiro atoms. The number of aromatic nitrogens is 1. The summed E-state index contributed by atoms with van der Waals surface area (Å²) in [5, 5.41) is 7.23. The number of esters is 1. The molecule has 0 saturated heterocycles. The smallest absolute Gasteiger partial charge is 0.340 e. The van der Waals surface area contributed by atoms with Gasteiger partial charge in [-0.05, 0) is 37.1 Å². The first-order chi connectivity index (χ1) is 16.5. The highest BCUT2D eigenvalue weighted by Gasteiger charge is 2.33. The molecule has 0 radical (unpaired) electrons. The fraction of sp³-hybridized carbons (Fsp3) is 0.192. The van der Waals surface area contributed by atoms with Gasteiger partial charge in [-0.15, -0.1) is 11.3 Å². The number of hydrogen-bond donors (Lipinski definition) is 2. The average molecular weight is 474 g/mol. The number of nitrogens with zero attached hydrogens (tertiary/aromatic N) is 1. The fourth-order valence-corrected chi connectivity index (χ4v) is 5.33. The van der Waals surface area contributed by atoms with Gasteiger partial charge in [0, 0.05) is 10.9 Å². The van der Waals surface area contributed by atoms with Gasteiger partial charge < -0.3 is 20.1 Å². The van der Waals surface area contributed by atoms with Crippen LogP contribution in [0.5, 0.6) is 5.75 Å². The molecule has 172 valence electrons. The normalized spacial score (nSPS) is 14.8. The summed E-state index contributed by atoms with van der Waals surface area (Å²) < 4.78 is 10.7. The fourth-order valence-electron chi connectivity index (χ4n) is 4.23. The van der Waals surface area contributed by atoms with E-state index in [0.29, 0.717) is 38.0 Å². The first-order valence-electron chi connectivity index (χ1n) is 10.9. The van der Waals surface area contributed by atoms with Crippen molar-refractivity contribution in [2.45, 2.75) is 20.0 Å². The molecule has 1 atom stereocenters. The highest BCUT2D eigenvalue weighted by atomic mass is 32.1. The second-order valence-electron chi connectivity index (χ2n) is 7.84. The SMILES string of the molecule is CCOC(=O)c1c(C)nc2sc3c(c2c1-c1ccc(OC)cc1)N[C@H](c1ccccc1)NC3=O. The van der Waals surface area contributed by atoms with Gasteiger partial charge in [0.05, 0.1) is 30.7 Å². The molecule has 0 aliphatic carbocycles. The summed E-state index contributed by atoms with van der Waals surface area (Å²) in [4.78, 5) is 32.1. The van der Waals surface area contributed by atoms with Crippen molar-refractivity contribution in [2.24, 2.45) is 0 Å². The molecule has 1 aliphatic rings. The van der Waals surface area contributed by atoms with E-state index in [0.717, 1.165) is 16.5 Å². The van der Waals surface area contributed by atoms with Crippen molar-refractivity contribution in [1.29, 1.82) is 0 Å². The number of methoxy groups -OCH3 is 1. The molecule has 4 aromatic rings. The number of anilines is 1. The van der Waals surface area contributed by atoms with Gasteiger partial charge in [-0.25, -0.2) is 9.78 Å². The highest BCUT2D eigenvalue weighted by molar-refractivity contribution is 7.21. The molecule has 2 N–H and O–H groups in total. The van der Waals surface area contributed by atoms with Crippen LogP contribution in [0.2, 0.25) is 0 Å². The number of carbonyl (C=O) groups excluding carboxylic acids is 2. The van der Waals surface area contributed by atoms with Crippen LogP contribution in [0.3, 0.4) is 0 Å². The minimum absolute atomic E-state index is 0.179. The highest BCUT2D eigenvalue weighted by Crippen LogP contribution is 2.46. The minimum atomic E-state index is -0.444. The molecular weight excluding hydrogens is 450 g/mol. The Hall–Kier alpha value is -3.91. The number of nitrogens with one attached hydrogen (secondary N) is 2. The Bertz CT molecular complexity index is 1400. The summed E-state index contributed by atoms with van der Waals surface area (Å²) in [7, 11) is 1.61. The summed E-state index contributed by atoms with van der Waals surface area (Å²) in [6.07, 6.45) is -0.407. The van der Waals surface area contributed by atoms with E-state index in [1.807, 2.05) is 54.6 Å². The van der Waals surface area contributed by atoms with E-state index in [-0.39, 0.29) is 12.5 Å². The maximum atomic E-state index is 13.1. The molecule has 2 aromatic carbocycles. The summed E-state index contributed by atoms with van der Waals surface area (Å²) in [5.41, 5.74) is 4.04. The molecule has 3 heterocycles. The lowest BCUT2D eigenvalue weighted by molar-refractivity contribution is 0.0526. The number of hydrogen-bond acceptors (Lipinski definition) is 7. The lowest BCUT2D eigenvalue weighted by Gasteiger charge is -2.27. The third-order valence-corrected chi connectivity index (χ3v) is 6.86. The van der Waals surface area contributed by atoms with Crippen LogP contribution in [0.25, 0.3) is 21.3 Å². The Kier molecular flexibility index (Phi) is 5.67. The Balaban J connectivity index is 1.78. The predicted molar refractivity (Wildman–Crippen MR) is 133 cm³/mol. The van der Waals surface area contributed by atoms with Crippen molar-refractivity contribution in [2.75, 3.05) is 19.0 Å². The van der Waals surface area contributed by atoms with E-state index in [1.54, 1.807) is 21.0 Å². The van der Waals surface area contributed by atoms with Gasteiger partial charge in [-0.2, -0.15) is 0 Å². The van der Waals surface area contributed by atoms with Gasteiger partial charge in [0.1, 0.15) is 21.6 Å². The van der Waals surface area contributed by atoms with E-state index >= 15 is 0 Å². The first kappa shape index (κ1) is 21.9. The topological polar surface area (TPSA) is 89.6 Å². The maximum absolute atomic E-state index is 13.1. The summed E-state index contributed by atoms with van der Waals surface area (Å²) in [5.74, 6) is 0.0825. The Labute approximate surface area is 200 Å². The molecule has 7 nitrogen and oxygen atoms in total. The van der Waals surface area contributed by atoms with Crippen molar-refractivity contribution in [3.63, 3.8) is 0 Å². The standard InChI is InChI=1S/C26H23N3O4S/c1-4-33-26(31)18-14(2)27-25-20(19(18)15-10-12-17(32-3)13-11-15)21-22(34-25)24(30)29-23(28-21)16-8-6-5-7-9-16/h5-13,23,28H,4H2,1-3H3,(H,29,30)/t23-/m0/s1. The van der Waals surface area contributed by atoms with Crippen LogP contribution in [0.4, 0.5) is 5.69 Å².